The second-order valence-corrected chi connectivity index (χ2v) is 7.64. The minimum absolute atomic E-state index is 0.00501. The zero-order valence-electron chi connectivity index (χ0n) is 17.4. The molecule has 0 saturated carbocycles. The van der Waals surface area contributed by atoms with Crippen molar-refractivity contribution in [3.05, 3.63) is 94.5 Å². The highest BCUT2D eigenvalue weighted by Crippen LogP contribution is 2.41. The Hall–Kier alpha value is -3.99. The van der Waals surface area contributed by atoms with Gasteiger partial charge in [0.1, 0.15) is 6.67 Å². The second kappa shape index (κ2) is 7.61. The first-order chi connectivity index (χ1) is 15.1. The monoisotopic (exact) mass is 436 g/mol. The molecule has 0 atom stereocenters. The average Bonchev–Trinajstić information content (AvgIpc) is 2.74. The van der Waals surface area contributed by atoms with Crippen molar-refractivity contribution in [3.8, 4) is 6.07 Å². The van der Waals surface area contributed by atoms with Gasteiger partial charge in [0.25, 0.3) is 5.91 Å². The summed E-state index contributed by atoms with van der Waals surface area (Å²) in [7, 11) is 0. The molecule has 0 spiro atoms. The molecule has 2 aliphatic rings. The van der Waals surface area contributed by atoms with Gasteiger partial charge in [-0.3, -0.25) is 9.69 Å². The number of nitriles is 1. The second-order valence-electron chi connectivity index (χ2n) is 7.64. The normalized spacial score (nSPS) is 16.1. The molecule has 2 heterocycles. The van der Waals surface area contributed by atoms with Gasteiger partial charge in [-0.05, 0) is 68.0 Å². The number of hydrogen-bond acceptors (Lipinski definition) is 4. The van der Waals surface area contributed by atoms with Crippen molar-refractivity contribution in [1.29, 1.82) is 5.26 Å². The third-order valence-corrected chi connectivity index (χ3v) is 5.46. The molecular weight excluding hydrogens is 417 g/mol. The Balaban J connectivity index is 1.90. The molecule has 4 rings (SSSR count). The van der Waals surface area contributed by atoms with Crippen molar-refractivity contribution >= 4 is 17.3 Å². The fourth-order valence-corrected chi connectivity index (χ4v) is 3.90. The number of amides is 1. The van der Waals surface area contributed by atoms with Gasteiger partial charge >= 0.3 is 6.18 Å². The molecule has 0 fully saturated rings. The fourth-order valence-electron chi connectivity index (χ4n) is 3.90. The minimum Gasteiger partial charge on any atom is -0.358 e. The lowest BCUT2D eigenvalue weighted by Gasteiger charge is -2.40. The Kier molecular flexibility index (Phi) is 5.05. The lowest BCUT2D eigenvalue weighted by Crippen LogP contribution is -2.45. The van der Waals surface area contributed by atoms with Crippen LogP contribution in [0.15, 0.2) is 72.2 Å². The van der Waals surface area contributed by atoms with Crippen LogP contribution in [0, 0.1) is 18.3 Å². The van der Waals surface area contributed by atoms with Crippen LogP contribution in [0.1, 0.15) is 34.0 Å². The maximum Gasteiger partial charge on any atom is 0.416 e. The minimum atomic E-state index is -4.55. The molecule has 162 valence electrons. The molecule has 5 nitrogen and oxygen atoms in total. The number of benzene rings is 2. The van der Waals surface area contributed by atoms with Crippen LogP contribution in [-0.4, -0.2) is 17.5 Å². The lowest BCUT2D eigenvalue weighted by atomic mass is 10.0. The summed E-state index contributed by atoms with van der Waals surface area (Å²) in [5.74, 6) is -0.399. The van der Waals surface area contributed by atoms with Gasteiger partial charge in [0, 0.05) is 17.1 Å². The van der Waals surface area contributed by atoms with E-state index in [0.717, 1.165) is 12.1 Å². The summed E-state index contributed by atoms with van der Waals surface area (Å²) in [6.45, 7) is 7.43. The number of alkyl halides is 3. The predicted octanol–water partition coefficient (Wildman–Crippen LogP) is 5.34. The molecule has 0 saturated heterocycles. The Morgan fingerprint density at radius 2 is 1.81 bits per heavy atom. The Morgan fingerprint density at radius 3 is 2.44 bits per heavy atom. The average molecular weight is 436 g/mol. The highest BCUT2D eigenvalue weighted by molar-refractivity contribution is 6.04. The van der Waals surface area contributed by atoms with E-state index in [1.54, 1.807) is 49.1 Å². The number of nitrogens with zero attached hydrogens (tertiary/aromatic N) is 3. The van der Waals surface area contributed by atoms with Gasteiger partial charge in [-0.25, -0.2) is 0 Å². The Bertz CT molecular complexity index is 1250. The number of allylic oxidation sites excluding steroid dienone is 3. The number of fused-ring (bicyclic) bond motifs is 1. The van der Waals surface area contributed by atoms with E-state index in [-0.39, 0.29) is 17.9 Å². The van der Waals surface area contributed by atoms with E-state index in [0.29, 0.717) is 33.9 Å². The van der Waals surface area contributed by atoms with E-state index in [9.17, 15) is 23.2 Å². The first-order valence-electron chi connectivity index (χ1n) is 9.76. The number of nitrogens with one attached hydrogen (secondary N) is 1. The van der Waals surface area contributed by atoms with Crippen LogP contribution in [0.25, 0.3) is 0 Å². The van der Waals surface area contributed by atoms with Crippen molar-refractivity contribution in [2.24, 2.45) is 0 Å². The van der Waals surface area contributed by atoms with Crippen LogP contribution in [0.5, 0.6) is 0 Å². The quantitative estimate of drug-likeness (QED) is 0.690. The first kappa shape index (κ1) is 21.2. The summed E-state index contributed by atoms with van der Waals surface area (Å²) >= 11 is 0. The SMILES string of the molecule is C=C1C=CC(N2CN(c3ccc(C#N)cc3C)c3cc(C(F)(F)F)ccc3C2=O)=C(C)N1. The van der Waals surface area contributed by atoms with Crippen LogP contribution in [0.4, 0.5) is 24.5 Å². The van der Waals surface area contributed by atoms with Gasteiger partial charge in [-0.1, -0.05) is 6.58 Å². The van der Waals surface area contributed by atoms with Crippen molar-refractivity contribution in [3.63, 3.8) is 0 Å². The number of hydrogen-bond donors (Lipinski definition) is 1. The van der Waals surface area contributed by atoms with Crippen LogP contribution >= 0.6 is 0 Å². The number of carbonyl (C=O) groups excluding carboxylic acids is 1. The lowest BCUT2D eigenvalue weighted by molar-refractivity contribution is -0.137. The van der Waals surface area contributed by atoms with E-state index in [4.69, 9.17) is 0 Å². The van der Waals surface area contributed by atoms with Gasteiger partial charge in [0.15, 0.2) is 0 Å². The number of aryl methyl sites for hydroxylation is 1. The molecule has 0 radical (unpaired) electrons. The van der Waals surface area contributed by atoms with Crippen molar-refractivity contribution in [2.45, 2.75) is 20.0 Å². The van der Waals surface area contributed by atoms with Crippen molar-refractivity contribution in [1.82, 2.24) is 10.2 Å². The number of rotatable bonds is 2. The summed E-state index contributed by atoms with van der Waals surface area (Å²) < 4.78 is 40.3. The van der Waals surface area contributed by atoms with E-state index in [1.807, 2.05) is 0 Å². The smallest absolute Gasteiger partial charge is 0.358 e. The summed E-state index contributed by atoms with van der Waals surface area (Å²) in [4.78, 5) is 16.5. The summed E-state index contributed by atoms with van der Waals surface area (Å²) in [5.41, 5.74) is 3.23. The van der Waals surface area contributed by atoms with E-state index in [1.165, 1.54) is 11.0 Å². The summed E-state index contributed by atoms with van der Waals surface area (Å²) in [5, 5.41) is 12.3. The van der Waals surface area contributed by atoms with Crippen LogP contribution in [-0.2, 0) is 6.18 Å². The van der Waals surface area contributed by atoms with Crippen molar-refractivity contribution in [2.75, 3.05) is 11.6 Å². The molecule has 2 aromatic carbocycles. The van der Waals surface area contributed by atoms with E-state index < -0.39 is 17.6 Å². The van der Waals surface area contributed by atoms with E-state index >= 15 is 0 Å². The largest absolute Gasteiger partial charge is 0.416 e. The molecule has 0 unspecified atom stereocenters. The molecule has 2 aliphatic heterocycles. The molecule has 0 aliphatic carbocycles. The number of dihydropyridines is 1. The van der Waals surface area contributed by atoms with Crippen LogP contribution < -0.4 is 10.2 Å². The molecule has 1 amide bonds. The molecule has 1 N–H and O–H groups in total. The van der Waals surface area contributed by atoms with E-state index in [2.05, 4.69) is 18.0 Å². The number of halogens is 3. The topological polar surface area (TPSA) is 59.4 Å². The molecular formula is C24H19F3N4O. The maximum atomic E-state index is 13.4. The van der Waals surface area contributed by atoms with Gasteiger partial charge in [0.05, 0.1) is 34.1 Å². The summed E-state index contributed by atoms with van der Waals surface area (Å²) in [6, 6.07) is 10.1. The van der Waals surface area contributed by atoms with Crippen LogP contribution in [0.3, 0.4) is 0 Å². The highest BCUT2D eigenvalue weighted by atomic mass is 19.4. The van der Waals surface area contributed by atoms with Gasteiger partial charge in [-0.15, -0.1) is 0 Å². The maximum absolute atomic E-state index is 13.4. The number of anilines is 2. The standard InChI is InChI=1S/C24H19F3N4O/c1-14-10-17(12-28)5-9-20(14)30-13-31(21-8-4-15(2)29-16(21)3)23(32)19-7-6-18(11-22(19)30)24(25,26)27/h4-11,29H,2,13H2,1,3H3. The zero-order valence-corrected chi connectivity index (χ0v) is 17.4. The van der Waals surface area contributed by atoms with Gasteiger partial charge < -0.3 is 10.2 Å². The van der Waals surface area contributed by atoms with Crippen molar-refractivity contribution < 1.29 is 18.0 Å². The fraction of sp³-hybridized carbons (Fsp3) is 0.167. The van der Waals surface area contributed by atoms with Crippen LogP contribution in [0.2, 0.25) is 0 Å². The van der Waals surface area contributed by atoms with Gasteiger partial charge in [-0.2, -0.15) is 18.4 Å². The molecule has 32 heavy (non-hydrogen) atoms. The zero-order chi connectivity index (χ0) is 23.2. The third-order valence-electron chi connectivity index (χ3n) is 5.46. The molecule has 8 heteroatoms. The summed E-state index contributed by atoms with van der Waals surface area (Å²) in [6.07, 6.45) is -1.06. The highest BCUT2D eigenvalue weighted by Gasteiger charge is 2.37. The third kappa shape index (κ3) is 3.62. The Morgan fingerprint density at radius 1 is 1.06 bits per heavy atom. The first-order valence-corrected chi connectivity index (χ1v) is 9.76. The Labute approximate surface area is 183 Å². The van der Waals surface area contributed by atoms with Gasteiger partial charge in [0.2, 0.25) is 0 Å². The molecule has 0 aromatic heterocycles. The molecule has 2 aromatic rings. The number of carbonyl (C=O) groups is 1. The predicted molar refractivity (Wildman–Crippen MR) is 115 cm³/mol. The molecule has 0 bridgehead atoms.